The standard InChI is InChI=1S/C72H45FN2O2/c73-65-42-49(46-19-5-1-6-20-46)41-61(47-21-7-2-8-22-47)71(65)75(51-25-11-4-12-26-51)53-39-40-57-64-45-62-55-28-14-13-27-54(55)60(44-63(62)58-30-18-34-68(70(58)64)76-69(57)43-53)48-35-37-52(38-36-48)74(50-23-9-3-10-24-50)66-32-17-31-59-56-29-15-16-33-67(56)77-72(59)66/h1-45H. The number of rotatable bonds is 9. The summed E-state index contributed by atoms with van der Waals surface area (Å²) < 4.78 is 31.0. The molecule has 1 aliphatic heterocycles. The second-order valence-electron chi connectivity index (χ2n) is 19.7. The van der Waals surface area contributed by atoms with Gasteiger partial charge in [-0.1, -0.05) is 176 Å². The molecule has 0 radical (unpaired) electrons. The lowest BCUT2D eigenvalue weighted by Gasteiger charge is -2.30. The van der Waals surface area contributed by atoms with Crippen LogP contribution in [0.15, 0.2) is 277 Å². The summed E-state index contributed by atoms with van der Waals surface area (Å²) in [7, 11) is 0. The first-order chi connectivity index (χ1) is 38.1. The molecule has 0 saturated heterocycles. The van der Waals surface area contributed by atoms with Crippen LogP contribution < -0.4 is 14.5 Å². The average molecular weight is 989 g/mol. The third-order valence-corrected chi connectivity index (χ3v) is 15.3. The maximum atomic E-state index is 17.4. The van der Waals surface area contributed by atoms with E-state index in [4.69, 9.17) is 9.15 Å². The van der Waals surface area contributed by atoms with Gasteiger partial charge in [-0.2, -0.15) is 0 Å². The van der Waals surface area contributed by atoms with E-state index in [-0.39, 0.29) is 5.82 Å². The monoisotopic (exact) mass is 988 g/mol. The van der Waals surface area contributed by atoms with E-state index in [2.05, 4.69) is 169 Å². The SMILES string of the molecule is Fc1cc(-c2ccccc2)cc(-c2ccccc2)c1N(c1ccccc1)c1ccc2c(c1)Oc1cccc3c1c-2cc1c2ccccc2c(-c2ccc(N(c4ccccc4)c4cccc5c4oc4ccccc45)cc2)cc31. The summed E-state index contributed by atoms with van der Waals surface area (Å²) in [6, 6.07) is 94.0. The lowest BCUT2D eigenvalue weighted by molar-refractivity contribution is 0.487. The number of anilines is 6. The van der Waals surface area contributed by atoms with Crippen LogP contribution in [0.2, 0.25) is 0 Å². The van der Waals surface area contributed by atoms with E-state index < -0.39 is 0 Å². The number of ether oxygens (including phenoxy) is 1. The van der Waals surface area contributed by atoms with Crippen molar-refractivity contribution in [2.75, 3.05) is 9.80 Å². The zero-order chi connectivity index (χ0) is 51.0. The fourth-order valence-electron chi connectivity index (χ4n) is 11.8. The van der Waals surface area contributed by atoms with Crippen LogP contribution >= 0.6 is 0 Å². The summed E-state index contributed by atoms with van der Waals surface area (Å²) in [5.41, 5.74) is 14.6. The van der Waals surface area contributed by atoms with Crippen molar-refractivity contribution < 1.29 is 13.5 Å². The van der Waals surface area contributed by atoms with E-state index >= 15 is 4.39 Å². The van der Waals surface area contributed by atoms with Gasteiger partial charge in [0, 0.05) is 50.4 Å². The van der Waals surface area contributed by atoms with Crippen LogP contribution in [0.1, 0.15) is 0 Å². The highest BCUT2D eigenvalue weighted by Gasteiger charge is 2.28. The zero-order valence-electron chi connectivity index (χ0n) is 41.6. The third-order valence-electron chi connectivity index (χ3n) is 15.3. The maximum Gasteiger partial charge on any atom is 0.159 e. The van der Waals surface area contributed by atoms with Gasteiger partial charge < -0.3 is 19.0 Å². The lowest BCUT2D eigenvalue weighted by atomic mass is 9.86. The number of hydrogen-bond donors (Lipinski definition) is 0. The molecule has 0 atom stereocenters. The van der Waals surface area contributed by atoms with Crippen molar-refractivity contribution in [3.8, 4) is 56.0 Å². The van der Waals surface area contributed by atoms with Gasteiger partial charge >= 0.3 is 0 Å². The van der Waals surface area contributed by atoms with E-state index in [9.17, 15) is 0 Å². The molecule has 1 aliphatic rings. The van der Waals surface area contributed by atoms with E-state index in [1.54, 1.807) is 6.07 Å². The molecule has 15 rings (SSSR count). The van der Waals surface area contributed by atoms with Crippen LogP contribution in [-0.4, -0.2) is 0 Å². The first kappa shape index (κ1) is 44.3. The number of furan rings is 1. The third kappa shape index (κ3) is 7.35. The van der Waals surface area contributed by atoms with E-state index in [0.717, 1.165) is 133 Å². The zero-order valence-corrected chi connectivity index (χ0v) is 41.6. The van der Waals surface area contributed by atoms with Crippen molar-refractivity contribution in [2.45, 2.75) is 0 Å². The molecular formula is C72H45FN2O2. The minimum atomic E-state index is -0.331. The molecule has 0 aliphatic carbocycles. The van der Waals surface area contributed by atoms with Gasteiger partial charge in [-0.25, -0.2) is 4.39 Å². The van der Waals surface area contributed by atoms with E-state index in [1.165, 1.54) is 0 Å². The van der Waals surface area contributed by atoms with Crippen molar-refractivity contribution in [3.05, 3.63) is 279 Å². The number of para-hydroxylation sites is 4. The van der Waals surface area contributed by atoms with Crippen LogP contribution in [0.4, 0.5) is 38.5 Å². The van der Waals surface area contributed by atoms with Crippen LogP contribution in [0.25, 0.3) is 98.8 Å². The molecule has 5 heteroatoms. The Morgan fingerprint density at radius 3 is 1.61 bits per heavy atom. The summed E-state index contributed by atoms with van der Waals surface area (Å²) in [5, 5.41) is 8.99. The Labute approximate surface area is 444 Å². The predicted octanol–water partition coefficient (Wildman–Crippen LogP) is 20.9. The molecule has 0 fully saturated rings. The second kappa shape index (κ2) is 18.0. The Morgan fingerprint density at radius 2 is 0.857 bits per heavy atom. The molecule has 0 N–H and O–H groups in total. The van der Waals surface area contributed by atoms with Crippen LogP contribution in [-0.2, 0) is 0 Å². The first-order valence-electron chi connectivity index (χ1n) is 26.0. The Bertz CT molecular complexity index is 4600. The van der Waals surface area contributed by atoms with Gasteiger partial charge in [0.05, 0.1) is 17.1 Å². The summed E-state index contributed by atoms with van der Waals surface area (Å²) in [6.07, 6.45) is 0. The summed E-state index contributed by atoms with van der Waals surface area (Å²) in [4.78, 5) is 4.31. The van der Waals surface area contributed by atoms with Gasteiger partial charge in [-0.3, -0.25) is 0 Å². The number of fused-ring (bicyclic) bond motifs is 9. The van der Waals surface area contributed by atoms with Crippen LogP contribution in [0.5, 0.6) is 11.5 Å². The topological polar surface area (TPSA) is 28.9 Å². The fraction of sp³-hybridized carbons (Fsp3) is 0. The fourth-order valence-corrected chi connectivity index (χ4v) is 11.8. The molecule has 0 bridgehead atoms. The van der Waals surface area contributed by atoms with Crippen molar-refractivity contribution in [2.24, 2.45) is 0 Å². The van der Waals surface area contributed by atoms with Crippen molar-refractivity contribution in [1.29, 1.82) is 0 Å². The highest BCUT2D eigenvalue weighted by molar-refractivity contribution is 6.25. The molecule has 13 aromatic carbocycles. The predicted molar refractivity (Wildman–Crippen MR) is 317 cm³/mol. The minimum Gasteiger partial charge on any atom is -0.456 e. The van der Waals surface area contributed by atoms with Crippen molar-refractivity contribution >= 4 is 88.4 Å². The molecule has 4 nitrogen and oxygen atoms in total. The normalized spacial score (nSPS) is 11.8. The van der Waals surface area contributed by atoms with Gasteiger partial charge in [-0.05, 0) is 151 Å². The number of hydrogen-bond acceptors (Lipinski definition) is 4. The molecule has 0 amide bonds. The van der Waals surface area contributed by atoms with Gasteiger partial charge in [0.1, 0.15) is 22.9 Å². The summed E-state index contributed by atoms with van der Waals surface area (Å²) in [5.74, 6) is 1.15. The molecular weight excluding hydrogens is 944 g/mol. The quantitative estimate of drug-likeness (QED) is 0.135. The molecule has 77 heavy (non-hydrogen) atoms. The number of benzene rings is 13. The minimum absolute atomic E-state index is 0.331. The largest absolute Gasteiger partial charge is 0.456 e. The van der Waals surface area contributed by atoms with Crippen molar-refractivity contribution in [1.82, 2.24) is 0 Å². The molecule has 1 aromatic heterocycles. The number of halogens is 1. The molecule has 0 saturated carbocycles. The van der Waals surface area contributed by atoms with Crippen LogP contribution in [0, 0.1) is 5.82 Å². The lowest BCUT2D eigenvalue weighted by Crippen LogP contribution is -2.14. The molecule has 0 unspecified atom stereocenters. The second-order valence-corrected chi connectivity index (χ2v) is 19.7. The molecule has 14 aromatic rings. The number of nitrogens with zero attached hydrogens (tertiary/aromatic N) is 2. The highest BCUT2D eigenvalue weighted by atomic mass is 19.1. The Hall–Kier alpha value is -10.2. The Morgan fingerprint density at radius 1 is 0.299 bits per heavy atom. The Kier molecular flexibility index (Phi) is 10.4. The molecule has 362 valence electrons. The van der Waals surface area contributed by atoms with Crippen LogP contribution in [0.3, 0.4) is 0 Å². The van der Waals surface area contributed by atoms with Gasteiger partial charge in [0.2, 0.25) is 0 Å². The van der Waals surface area contributed by atoms with Gasteiger partial charge in [-0.15, -0.1) is 0 Å². The van der Waals surface area contributed by atoms with Crippen molar-refractivity contribution in [3.63, 3.8) is 0 Å². The smallest absolute Gasteiger partial charge is 0.159 e. The Balaban J connectivity index is 0.860. The maximum absolute atomic E-state index is 17.4. The van der Waals surface area contributed by atoms with E-state index in [0.29, 0.717) is 11.4 Å². The average Bonchev–Trinajstić information content (AvgIpc) is 3.90. The van der Waals surface area contributed by atoms with Gasteiger partial charge in [0.15, 0.2) is 5.58 Å². The van der Waals surface area contributed by atoms with E-state index in [1.807, 2.05) is 108 Å². The highest BCUT2D eigenvalue weighted by Crippen LogP contribution is 2.53. The summed E-state index contributed by atoms with van der Waals surface area (Å²) in [6.45, 7) is 0. The van der Waals surface area contributed by atoms with Gasteiger partial charge in [0.25, 0.3) is 0 Å². The first-order valence-corrected chi connectivity index (χ1v) is 26.0. The summed E-state index contributed by atoms with van der Waals surface area (Å²) >= 11 is 0. The molecule has 2 heterocycles. The molecule has 0 spiro atoms.